The molecule has 2 aliphatic heterocycles. The third-order valence-electron chi connectivity index (χ3n) is 2.47. The summed E-state index contributed by atoms with van der Waals surface area (Å²) < 4.78 is 0. The molecule has 0 aromatic carbocycles. The van der Waals surface area contributed by atoms with Crippen LogP contribution in [0.15, 0.2) is 15.6 Å². The monoisotopic (exact) mass is 241 g/mol. The quantitative estimate of drug-likeness (QED) is 0.409. The molecule has 0 aromatic rings. The van der Waals surface area contributed by atoms with Crippen LogP contribution in [0.5, 0.6) is 0 Å². The van der Waals surface area contributed by atoms with Gasteiger partial charge in [-0.05, 0) is 0 Å². The van der Waals surface area contributed by atoms with Crippen molar-refractivity contribution in [3.8, 4) is 0 Å². The van der Waals surface area contributed by atoms with Gasteiger partial charge in [0.25, 0.3) is 0 Å². The van der Waals surface area contributed by atoms with Crippen LogP contribution >= 0.6 is 11.8 Å². The van der Waals surface area contributed by atoms with Gasteiger partial charge in [-0.15, -0.1) is 11.8 Å². The molecule has 86 valence electrons. The lowest BCUT2D eigenvalue weighted by atomic mass is 10.1. The second-order valence-electron chi connectivity index (χ2n) is 3.42. The van der Waals surface area contributed by atoms with Gasteiger partial charge in [-0.1, -0.05) is 0 Å². The van der Waals surface area contributed by atoms with Gasteiger partial charge in [0, 0.05) is 17.9 Å². The Hall–Kier alpha value is -1.50. The number of amides is 1. The summed E-state index contributed by atoms with van der Waals surface area (Å²) in [6.07, 6.45) is 2.13. The van der Waals surface area contributed by atoms with Crippen LogP contribution in [0.2, 0.25) is 0 Å². The van der Waals surface area contributed by atoms with E-state index in [1.54, 1.807) is 0 Å². The Kier molecular flexibility index (Phi) is 2.86. The summed E-state index contributed by atoms with van der Waals surface area (Å²) in [6.45, 7) is 0.449. The molecule has 6 nitrogen and oxygen atoms in total. The fraction of sp³-hybridized carbons (Fsp3) is 0.444. The number of nitrogens with two attached hydrogens (primary N) is 1. The van der Waals surface area contributed by atoms with E-state index in [1.807, 2.05) is 0 Å². The number of aliphatic carboxylic acids is 1. The van der Waals surface area contributed by atoms with Crippen molar-refractivity contribution in [3.05, 3.63) is 10.6 Å². The Balaban J connectivity index is 2.15. The number of hydrogen-bond donors (Lipinski definition) is 2. The summed E-state index contributed by atoms with van der Waals surface area (Å²) in [6, 6.07) is 0. The fourth-order valence-electron chi connectivity index (χ4n) is 1.74. The van der Waals surface area contributed by atoms with E-state index in [0.717, 1.165) is 0 Å². The first-order chi connectivity index (χ1) is 7.65. The number of carbonyl (C=O) groups is 2. The number of thioether (sulfide) groups is 1. The molecule has 1 amide bonds. The zero-order chi connectivity index (χ0) is 11.7. The Morgan fingerprint density at radius 2 is 2.50 bits per heavy atom. The molecular formula is C9H11N3O3S. The molecule has 1 fully saturated rings. The normalized spacial score (nSPS) is 23.9. The minimum Gasteiger partial charge on any atom is -0.477 e. The number of carbonyl (C=O) groups excluding carboxylic acids is 1. The minimum absolute atomic E-state index is 0.0181. The summed E-state index contributed by atoms with van der Waals surface area (Å²) in [4.78, 5) is 28.2. The minimum atomic E-state index is -1.05. The Labute approximate surface area is 96.2 Å². The van der Waals surface area contributed by atoms with Crippen molar-refractivity contribution in [2.24, 2.45) is 10.7 Å². The van der Waals surface area contributed by atoms with Crippen molar-refractivity contribution >= 4 is 30.0 Å². The van der Waals surface area contributed by atoms with Gasteiger partial charge in [0.15, 0.2) is 0 Å². The number of aliphatic imine (C=N–C) groups is 1. The van der Waals surface area contributed by atoms with Crippen molar-refractivity contribution in [1.82, 2.24) is 4.90 Å². The lowest BCUT2D eigenvalue weighted by Crippen LogP contribution is -2.48. The maximum absolute atomic E-state index is 11.3. The maximum atomic E-state index is 11.3. The van der Waals surface area contributed by atoms with Gasteiger partial charge in [0.1, 0.15) is 5.70 Å². The molecule has 0 radical (unpaired) electrons. The molecule has 1 saturated heterocycles. The average Bonchev–Trinajstić information content (AvgIpc) is 2.52. The van der Waals surface area contributed by atoms with Crippen LogP contribution in [0.1, 0.15) is 12.8 Å². The van der Waals surface area contributed by atoms with Gasteiger partial charge in [-0.3, -0.25) is 14.7 Å². The molecule has 1 atom stereocenters. The van der Waals surface area contributed by atoms with Crippen LogP contribution in [0.4, 0.5) is 0 Å². The summed E-state index contributed by atoms with van der Waals surface area (Å²) in [7, 11) is 0. The largest absolute Gasteiger partial charge is 0.477 e. The first-order valence-electron chi connectivity index (χ1n) is 4.80. The molecule has 16 heavy (non-hydrogen) atoms. The van der Waals surface area contributed by atoms with Gasteiger partial charge in [0.05, 0.1) is 18.1 Å². The highest BCUT2D eigenvalue weighted by Gasteiger charge is 2.47. The zero-order valence-electron chi connectivity index (χ0n) is 8.42. The van der Waals surface area contributed by atoms with E-state index in [1.165, 1.54) is 23.0 Å². The van der Waals surface area contributed by atoms with Crippen molar-refractivity contribution < 1.29 is 14.7 Å². The molecule has 2 rings (SSSR count). The predicted octanol–water partition coefficient (Wildman–Crippen LogP) is -0.0351. The van der Waals surface area contributed by atoms with Crippen LogP contribution < -0.4 is 5.73 Å². The van der Waals surface area contributed by atoms with E-state index < -0.39 is 5.97 Å². The van der Waals surface area contributed by atoms with Crippen LogP contribution in [-0.4, -0.2) is 40.1 Å². The Bertz CT molecular complexity index is 405. The lowest BCUT2D eigenvalue weighted by Gasteiger charge is -2.33. The Morgan fingerprint density at radius 3 is 3.06 bits per heavy atom. The smallest absolute Gasteiger partial charge is 0.353 e. The number of carboxylic acids is 1. The zero-order valence-corrected chi connectivity index (χ0v) is 9.24. The first-order valence-corrected chi connectivity index (χ1v) is 5.68. The van der Waals surface area contributed by atoms with Gasteiger partial charge in [-0.2, -0.15) is 0 Å². The fourth-order valence-corrected chi connectivity index (χ4v) is 3.13. The molecule has 0 aromatic heterocycles. The topological polar surface area (TPSA) is 96.0 Å². The standard InChI is InChI=1S/C9H11N3O3S/c10-4-11-2-1-5-8(9(14)15)12-6(13)3-7(12)16-5/h4,7H,1-3H2,(H2,10,11)(H,14,15)/t7-/m0/s1. The molecule has 2 heterocycles. The molecule has 0 unspecified atom stereocenters. The lowest BCUT2D eigenvalue weighted by molar-refractivity contribution is -0.145. The first kappa shape index (κ1) is 11.0. The SMILES string of the molecule is NC=NCCC1=C(C(=O)O)N2C(=O)C[C@@H]2S1. The van der Waals surface area contributed by atoms with Crippen molar-refractivity contribution in [3.63, 3.8) is 0 Å². The average molecular weight is 241 g/mol. The molecule has 0 spiro atoms. The molecular weight excluding hydrogens is 230 g/mol. The number of nitrogens with zero attached hydrogens (tertiary/aromatic N) is 2. The van der Waals surface area contributed by atoms with Crippen molar-refractivity contribution in [1.29, 1.82) is 0 Å². The van der Waals surface area contributed by atoms with E-state index >= 15 is 0 Å². The highest BCUT2D eigenvalue weighted by molar-refractivity contribution is 8.04. The number of hydrogen-bond acceptors (Lipinski definition) is 4. The van der Waals surface area contributed by atoms with Crippen LogP contribution in [0.3, 0.4) is 0 Å². The number of fused-ring (bicyclic) bond motifs is 1. The molecule has 0 bridgehead atoms. The van der Waals surface area contributed by atoms with E-state index in [9.17, 15) is 9.59 Å². The molecule has 0 aliphatic carbocycles. The summed E-state index contributed by atoms with van der Waals surface area (Å²) in [5.74, 6) is -1.16. The van der Waals surface area contributed by atoms with Gasteiger partial charge < -0.3 is 10.8 Å². The molecule has 2 aliphatic rings. The summed E-state index contributed by atoms with van der Waals surface area (Å²) in [5.41, 5.74) is 5.22. The third kappa shape index (κ3) is 1.67. The van der Waals surface area contributed by atoms with E-state index in [-0.39, 0.29) is 17.0 Å². The maximum Gasteiger partial charge on any atom is 0.353 e. The van der Waals surface area contributed by atoms with E-state index in [2.05, 4.69) is 4.99 Å². The highest BCUT2D eigenvalue weighted by Crippen LogP contribution is 2.47. The highest BCUT2D eigenvalue weighted by atomic mass is 32.2. The predicted molar refractivity (Wildman–Crippen MR) is 59.7 cm³/mol. The van der Waals surface area contributed by atoms with Crippen molar-refractivity contribution in [2.75, 3.05) is 6.54 Å². The molecule has 0 saturated carbocycles. The van der Waals surface area contributed by atoms with Gasteiger partial charge in [0.2, 0.25) is 5.91 Å². The van der Waals surface area contributed by atoms with Crippen molar-refractivity contribution in [2.45, 2.75) is 18.2 Å². The number of carboxylic acid groups (broad SMARTS) is 1. The van der Waals surface area contributed by atoms with E-state index in [0.29, 0.717) is 24.3 Å². The number of rotatable bonds is 4. The van der Waals surface area contributed by atoms with Gasteiger partial charge >= 0.3 is 5.97 Å². The number of β-lactam (4-membered cyclic amide) rings is 1. The van der Waals surface area contributed by atoms with Gasteiger partial charge in [-0.25, -0.2) is 4.79 Å². The molecule has 3 N–H and O–H groups in total. The van der Waals surface area contributed by atoms with Crippen LogP contribution in [0.25, 0.3) is 0 Å². The second kappa shape index (κ2) is 4.17. The second-order valence-corrected chi connectivity index (χ2v) is 4.70. The van der Waals surface area contributed by atoms with Crippen LogP contribution in [0, 0.1) is 0 Å². The summed E-state index contributed by atoms with van der Waals surface area (Å²) in [5, 5.41) is 9.03. The summed E-state index contributed by atoms with van der Waals surface area (Å²) >= 11 is 1.44. The molecule has 7 heteroatoms. The van der Waals surface area contributed by atoms with Crippen LogP contribution in [-0.2, 0) is 9.59 Å². The third-order valence-corrected chi connectivity index (χ3v) is 3.80. The van der Waals surface area contributed by atoms with E-state index in [4.69, 9.17) is 10.8 Å². The Morgan fingerprint density at radius 1 is 1.75 bits per heavy atom.